The third-order valence-corrected chi connectivity index (χ3v) is 4.50. The fourth-order valence-corrected chi connectivity index (χ4v) is 2.97. The van der Waals surface area contributed by atoms with Crippen molar-refractivity contribution in [2.45, 2.75) is 63.2 Å². The van der Waals surface area contributed by atoms with Crippen LogP contribution >= 0.6 is 0 Å². The van der Waals surface area contributed by atoms with Crippen molar-refractivity contribution >= 4 is 12.0 Å². The first-order valence-corrected chi connectivity index (χ1v) is 9.35. The van der Waals surface area contributed by atoms with E-state index in [0.717, 1.165) is 5.56 Å². The van der Waals surface area contributed by atoms with Crippen LogP contribution in [0.4, 0.5) is 0 Å². The van der Waals surface area contributed by atoms with E-state index < -0.39 is 55.5 Å². The second-order valence-corrected chi connectivity index (χ2v) is 7.05. The minimum absolute atomic E-state index is 0.131. The van der Waals surface area contributed by atoms with E-state index >= 15 is 0 Å². The number of aliphatic hydroxyl groups is 4. The first-order valence-electron chi connectivity index (χ1n) is 9.35. The van der Waals surface area contributed by atoms with Crippen LogP contribution in [0.1, 0.15) is 25.8 Å². The number of carbonyl (C=O) groups excluding carboxylic acids is 1. The van der Waals surface area contributed by atoms with Crippen LogP contribution in [-0.4, -0.2) is 81.0 Å². The summed E-state index contributed by atoms with van der Waals surface area (Å²) in [6, 6.07) is 6.31. The molecule has 1 aliphatic rings. The van der Waals surface area contributed by atoms with Gasteiger partial charge in [-0.05, 0) is 37.6 Å². The fourth-order valence-electron chi connectivity index (χ4n) is 2.97. The van der Waals surface area contributed by atoms with Crippen LogP contribution in [0.25, 0.3) is 6.08 Å². The maximum atomic E-state index is 11.9. The van der Waals surface area contributed by atoms with Crippen molar-refractivity contribution in [3.8, 4) is 5.75 Å². The average Bonchev–Trinajstić information content (AvgIpc) is 2.67. The number of esters is 1. The van der Waals surface area contributed by atoms with Crippen molar-refractivity contribution in [2.24, 2.45) is 0 Å². The molecule has 162 valence electrons. The standard InChI is InChI=1S/C20H28O9/c1-11(27-16(23)8-5-13-3-6-14(22)7-4-13)9-12(2)28-20-19(26)18(25)17(24)15(10-21)29-20/h3-8,11-12,15,17-22,24-26H,9-10H2,1-2H3/t11-,12+,15-,17-,18+,19-,20+/m1/s1. The number of rotatable bonds is 8. The predicted octanol–water partition coefficient (Wildman–Crippen LogP) is -0.0678. The minimum atomic E-state index is -1.52. The molecule has 0 saturated carbocycles. The first kappa shape index (κ1) is 23.3. The van der Waals surface area contributed by atoms with Crippen LogP contribution in [0, 0.1) is 0 Å². The Balaban J connectivity index is 1.81. The van der Waals surface area contributed by atoms with Crippen LogP contribution in [0.5, 0.6) is 5.75 Å². The van der Waals surface area contributed by atoms with Crippen molar-refractivity contribution in [1.82, 2.24) is 0 Å². The highest BCUT2D eigenvalue weighted by molar-refractivity contribution is 5.87. The Morgan fingerprint density at radius 1 is 1.10 bits per heavy atom. The molecule has 1 saturated heterocycles. The lowest BCUT2D eigenvalue weighted by atomic mass is 9.99. The summed E-state index contributed by atoms with van der Waals surface area (Å²) >= 11 is 0. The van der Waals surface area contributed by atoms with Crippen LogP contribution < -0.4 is 0 Å². The van der Waals surface area contributed by atoms with Crippen LogP contribution in [0.2, 0.25) is 0 Å². The Kier molecular flexibility index (Phi) is 8.57. The zero-order chi connectivity index (χ0) is 21.6. The summed E-state index contributed by atoms with van der Waals surface area (Å²) in [6.07, 6.45) is -4.65. The molecule has 0 aromatic heterocycles. The Morgan fingerprint density at radius 3 is 2.38 bits per heavy atom. The predicted molar refractivity (Wildman–Crippen MR) is 102 cm³/mol. The van der Waals surface area contributed by atoms with Gasteiger partial charge in [-0.15, -0.1) is 0 Å². The van der Waals surface area contributed by atoms with E-state index in [4.69, 9.17) is 14.2 Å². The van der Waals surface area contributed by atoms with Gasteiger partial charge in [-0.2, -0.15) is 0 Å². The quantitative estimate of drug-likeness (QED) is 0.292. The molecule has 1 fully saturated rings. The number of aromatic hydroxyl groups is 1. The molecular formula is C20H28O9. The molecule has 29 heavy (non-hydrogen) atoms. The lowest BCUT2D eigenvalue weighted by molar-refractivity contribution is -0.311. The van der Waals surface area contributed by atoms with Crippen molar-refractivity contribution in [3.63, 3.8) is 0 Å². The Bertz CT molecular complexity index is 673. The summed E-state index contributed by atoms with van der Waals surface area (Å²) in [5.41, 5.74) is 0.728. The molecule has 0 spiro atoms. The summed E-state index contributed by atoms with van der Waals surface area (Å²) in [5.74, 6) is -0.419. The summed E-state index contributed by atoms with van der Waals surface area (Å²) in [7, 11) is 0. The molecule has 1 aliphatic heterocycles. The molecule has 7 atom stereocenters. The number of carbonyl (C=O) groups is 1. The molecule has 9 heteroatoms. The average molecular weight is 412 g/mol. The smallest absolute Gasteiger partial charge is 0.331 e. The highest BCUT2D eigenvalue weighted by atomic mass is 16.7. The molecule has 5 N–H and O–H groups in total. The second-order valence-electron chi connectivity index (χ2n) is 7.05. The van der Waals surface area contributed by atoms with Gasteiger partial charge in [-0.25, -0.2) is 4.79 Å². The largest absolute Gasteiger partial charge is 0.508 e. The maximum Gasteiger partial charge on any atom is 0.331 e. The van der Waals surface area contributed by atoms with Gasteiger partial charge in [-0.1, -0.05) is 12.1 Å². The van der Waals surface area contributed by atoms with Gasteiger partial charge in [0.05, 0.1) is 12.7 Å². The van der Waals surface area contributed by atoms with Crippen molar-refractivity contribution in [2.75, 3.05) is 6.61 Å². The molecule has 0 amide bonds. The van der Waals surface area contributed by atoms with E-state index in [2.05, 4.69) is 0 Å². The zero-order valence-corrected chi connectivity index (χ0v) is 16.3. The molecule has 1 aromatic rings. The lowest BCUT2D eigenvalue weighted by Gasteiger charge is -2.40. The third-order valence-electron chi connectivity index (χ3n) is 4.50. The number of aliphatic hydroxyl groups excluding tert-OH is 4. The molecule has 9 nitrogen and oxygen atoms in total. The highest BCUT2D eigenvalue weighted by Gasteiger charge is 2.44. The molecule has 0 bridgehead atoms. The van der Waals surface area contributed by atoms with E-state index in [-0.39, 0.29) is 12.2 Å². The number of hydrogen-bond donors (Lipinski definition) is 5. The second kappa shape index (κ2) is 10.7. The summed E-state index contributed by atoms with van der Waals surface area (Å²) in [5, 5.41) is 48.0. The van der Waals surface area contributed by atoms with Gasteiger partial charge in [-0.3, -0.25) is 0 Å². The van der Waals surface area contributed by atoms with Gasteiger partial charge >= 0.3 is 5.97 Å². The molecule has 0 radical (unpaired) electrons. The number of phenolic OH excluding ortho intramolecular Hbond substituents is 1. The Hall–Kier alpha value is -2.01. The first-order chi connectivity index (χ1) is 13.7. The SMILES string of the molecule is C[C@H](C[C@H](C)O[C@H]1O[C@H](CO)[C@@H](O)[C@H](O)[C@H]1O)OC(=O)C=Cc1ccc(O)cc1. The van der Waals surface area contributed by atoms with Crippen molar-refractivity contribution in [1.29, 1.82) is 0 Å². The molecule has 0 unspecified atom stereocenters. The Labute approximate surface area is 168 Å². The van der Waals surface area contributed by atoms with Gasteiger partial charge in [0.15, 0.2) is 6.29 Å². The van der Waals surface area contributed by atoms with Gasteiger partial charge in [0.1, 0.15) is 36.3 Å². The van der Waals surface area contributed by atoms with E-state index in [0.29, 0.717) is 0 Å². The molecule has 0 aliphatic carbocycles. The van der Waals surface area contributed by atoms with Gasteiger partial charge in [0.25, 0.3) is 0 Å². The normalized spacial score (nSPS) is 29.5. The van der Waals surface area contributed by atoms with Crippen LogP contribution in [-0.2, 0) is 19.0 Å². The number of hydrogen-bond acceptors (Lipinski definition) is 9. The number of ether oxygens (including phenoxy) is 3. The summed E-state index contributed by atoms with van der Waals surface area (Å²) in [6.45, 7) is 2.82. The van der Waals surface area contributed by atoms with E-state index in [1.807, 2.05) is 0 Å². The maximum absolute atomic E-state index is 11.9. The van der Waals surface area contributed by atoms with Gasteiger partial charge in [0, 0.05) is 12.5 Å². The van der Waals surface area contributed by atoms with Crippen LogP contribution in [0.15, 0.2) is 30.3 Å². The van der Waals surface area contributed by atoms with Crippen molar-refractivity contribution < 1.29 is 44.5 Å². The number of phenols is 1. The molecule has 1 heterocycles. The van der Waals surface area contributed by atoms with Crippen LogP contribution in [0.3, 0.4) is 0 Å². The summed E-state index contributed by atoms with van der Waals surface area (Å²) < 4.78 is 16.1. The molecular weight excluding hydrogens is 384 g/mol. The lowest BCUT2D eigenvalue weighted by Crippen LogP contribution is -2.59. The zero-order valence-electron chi connectivity index (χ0n) is 16.3. The monoisotopic (exact) mass is 412 g/mol. The third kappa shape index (κ3) is 6.77. The van der Waals surface area contributed by atoms with E-state index in [1.54, 1.807) is 32.1 Å². The Morgan fingerprint density at radius 2 is 1.76 bits per heavy atom. The van der Waals surface area contributed by atoms with E-state index in [1.165, 1.54) is 18.2 Å². The van der Waals surface area contributed by atoms with E-state index in [9.17, 15) is 30.3 Å². The minimum Gasteiger partial charge on any atom is -0.508 e. The fraction of sp³-hybridized carbons (Fsp3) is 0.550. The summed E-state index contributed by atoms with van der Waals surface area (Å²) in [4.78, 5) is 11.9. The van der Waals surface area contributed by atoms with Crippen molar-refractivity contribution in [3.05, 3.63) is 35.9 Å². The van der Waals surface area contributed by atoms with Gasteiger partial charge < -0.3 is 39.7 Å². The topological polar surface area (TPSA) is 146 Å². The molecule has 1 aromatic carbocycles. The highest BCUT2D eigenvalue weighted by Crippen LogP contribution is 2.24. The molecule has 2 rings (SSSR count). The van der Waals surface area contributed by atoms with Gasteiger partial charge in [0.2, 0.25) is 0 Å². The number of benzene rings is 1.